The summed E-state index contributed by atoms with van der Waals surface area (Å²) in [6.07, 6.45) is 10.9. The van der Waals surface area contributed by atoms with Crippen molar-refractivity contribution in [2.75, 3.05) is 6.61 Å². The van der Waals surface area contributed by atoms with E-state index in [4.69, 9.17) is 4.74 Å². The second-order valence-electron chi connectivity index (χ2n) is 4.74. The average Bonchev–Trinajstić information content (AvgIpc) is 2.73. The molecule has 0 bridgehead atoms. The zero-order chi connectivity index (χ0) is 12.3. The molecule has 1 heterocycles. The van der Waals surface area contributed by atoms with Gasteiger partial charge in [-0.15, -0.1) is 11.3 Å². The molecule has 1 aromatic heterocycles. The molecule has 17 heavy (non-hydrogen) atoms. The highest BCUT2D eigenvalue weighted by Gasteiger charge is 1.99. The van der Waals surface area contributed by atoms with Crippen molar-refractivity contribution in [3.8, 4) is 5.75 Å². The van der Waals surface area contributed by atoms with Crippen molar-refractivity contribution in [2.45, 2.75) is 65.2 Å². The van der Waals surface area contributed by atoms with Gasteiger partial charge in [-0.2, -0.15) is 0 Å². The Morgan fingerprint density at radius 1 is 0.941 bits per heavy atom. The van der Waals surface area contributed by atoms with Crippen LogP contribution < -0.4 is 4.74 Å². The van der Waals surface area contributed by atoms with Crippen molar-refractivity contribution in [3.63, 3.8) is 0 Å². The van der Waals surface area contributed by atoms with Gasteiger partial charge in [0.05, 0.1) is 6.61 Å². The molecule has 0 aliphatic carbocycles. The second-order valence-corrected chi connectivity index (χ2v) is 5.49. The summed E-state index contributed by atoms with van der Waals surface area (Å²) in [5.41, 5.74) is 1.27. The number of hydrogen-bond acceptors (Lipinski definition) is 2. The van der Waals surface area contributed by atoms with E-state index >= 15 is 0 Å². The third kappa shape index (κ3) is 6.72. The molecule has 0 aromatic carbocycles. The Hall–Kier alpha value is -0.500. The zero-order valence-electron chi connectivity index (χ0n) is 11.3. The van der Waals surface area contributed by atoms with Crippen LogP contribution in [0.3, 0.4) is 0 Å². The minimum absolute atomic E-state index is 0.881. The molecule has 0 aliphatic heterocycles. The minimum Gasteiger partial charge on any atom is -0.492 e. The summed E-state index contributed by atoms with van der Waals surface area (Å²) in [6, 6.07) is 0. The van der Waals surface area contributed by atoms with Gasteiger partial charge >= 0.3 is 0 Å². The van der Waals surface area contributed by atoms with Gasteiger partial charge in [0.25, 0.3) is 0 Å². The topological polar surface area (TPSA) is 9.23 Å². The molecule has 0 aliphatic rings. The van der Waals surface area contributed by atoms with E-state index in [1.165, 1.54) is 56.9 Å². The van der Waals surface area contributed by atoms with Gasteiger partial charge in [0.1, 0.15) is 5.75 Å². The normalized spacial score (nSPS) is 10.7. The smallest absolute Gasteiger partial charge is 0.132 e. The Kier molecular flexibility index (Phi) is 8.16. The molecule has 1 nitrogen and oxygen atoms in total. The maximum absolute atomic E-state index is 5.73. The fraction of sp³-hybridized carbons (Fsp3) is 0.733. The van der Waals surface area contributed by atoms with Crippen LogP contribution in [0.2, 0.25) is 0 Å². The average molecular weight is 254 g/mol. The third-order valence-electron chi connectivity index (χ3n) is 3.06. The van der Waals surface area contributed by atoms with Crippen LogP contribution in [0.25, 0.3) is 0 Å². The molecule has 0 saturated heterocycles. The van der Waals surface area contributed by atoms with E-state index in [2.05, 4.69) is 24.6 Å². The molecule has 0 radical (unpaired) electrons. The zero-order valence-corrected chi connectivity index (χ0v) is 12.2. The van der Waals surface area contributed by atoms with Gasteiger partial charge < -0.3 is 4.74 Å². The van der Waals surface area contributed by atoms with Crippen molar-refractivity contribution in [1.82, 2.24) is 0 Å². The van der Waals surface area contributed by atoms with Gasteiger partial charge in [-0.1, -0.05) is 51.9 Å². The minimum atomic E-state index is 0.881. The molecule has 0 amide bonds. The van der Waals surface area contributed by atoms with Crippen LogP contribution in [-0.2, 0) is 0 Å². The summed E-state index contributed by atoms with van der Waals surface area (Å²) in [6.45, 7) is 5.26. The second kappa shape index (κ2) is 9.52. The first-order chi connectivity index (χ1) is 8.34. The van der Waals surface area contributed by atoms with Crippen LogP contribution in [0.4, 0.5) is 0 Å². The highest BCUT2D eigenvalue weighted by molar-refractivity contribution is 7.08. The Morgan fingerprint density at radius 2 is 1.59 bits per heavy atom. The predicted octanol–water partition coefficient (Wildman–Crippen LogP) is 5.58. The largest absolute Gasteiger partial charge is 0.492 e. The fourth-order valence-electron chi connectivity index (χ4n) is 1.91. The number of thiophene rings is 1. The quantitative estimate of drug-likeness (QED) is 0.495. The SMILES string of the molecule is CCCCCCCCCCOc1cscc1C. The van der Waals surface area contributed by atoms with Gasteiger partial charge in [0.2, 0.25) is 0 Å². The maximum Gasteiger partial charge on any atom is 0.132 e. The van der Waals surface area contributed by atoms with Crippen LogP contribution in [-0.4, -0.2) is 6.61 Å². The summed E-state index contributed by atoms with van der Waals surface area (Å²) >= 11 is 1.72. The molecular formula is C15H26OS. The van der Waals surface area contributed by atoms with Crippen LogP contribution in [0, 0.1) is 6.92 Å². The molecule has 1 rings (SSSR count). The van der Waals surface area contributed by atoms with E-state index in [1.54, 1.807) is 11.3 Å². The summed E-state index contributed by atoms with van der Waals surface area (Å²) in [5.74, 6) is 1.08. The predicted molar refractivity (Wildman–Crippen MR) is 77.2 cm³/mol. The summed E-state index contributed by atoms with van der Waals surface area (Å²) < 4.78 is 5.73. The van der Waals surface area contributed by atoms with Gasteiger partial charge in [0, 0.05) is 10.9 Å². The lowest BCUT2D eigenvalue weighted by molar-refractivity contribution is 0.303. The molecule has 2 heteroatoms. The van der Waals surface area contributed by atoms with E-state index in [0.717, 1.165) is 12.4 Å². The van der Waals surface area contributed by atoms with E-state index in [-0.39, 0.29) is 0 Å². The molecule has 0 unspecified atom stereocenters. The summed E-state index contributed by atoms with van der Waals surface area (Å²) in [5, 5.41) is 4.24. The molecule has 0 fully saturated rings. The molecule has 0 spiro atoms. The number of aryl methyl sites for hydroxylation is 1. The summed E-state index contributed by atoms with van der Waals surface area (Å²) in [7, 11) is 0. The van der Waals surface area contributed by atoms with E-state index in [1.807, 2.05) is 0 Å². The Balaban J connectivity index is 1.86. The van der Waals surface area contributed by atoms with Gasteiger partial charge in [-0.05, 0) is 18.7 Å². The lowest BCUT2D eigenvalue weighted by atomic mass is 10.1. The number of hydrogen-bond donors (Lipinski definition) is 0. The number of rotatable bonds is 10. The Bertz CT molecular complexity index is 280. The first-order valence-corrected chi connectivity index (χ1v) is 7.94. The Labute approximate surface area is 110 Å². The molecular weight excluding hydrogens is 228 g/mol. The Morgan fingerprint density at radius 3 is 2.18 bits per heavy atom. The molecule has 0 N–H and O–H groups in total. The van der Waals surface area contributed by atoms with Gasteiger partial charge in [-0.3, -0.25) is 0 Å². The molecule has 1 aromatic rings. The number of unbranched alkanes of at least 4 members (excludes halogenated alkanes) is 7. The fourth-order valence-corrected chi connectivity index (χ4v) is 2.68. The highest BCUT2D eigenvalue weighted by Crippen LogP contribution is 2.22. The molecule has 0 atom stereocenters. The van der Waals surface area contributed by atoms with E-state index in [9.17, 15) is 0 Å². The van der Waals surface area contributed by atoms with E-state index in [0.29, 0.717) is 0 Å². The monoisotopic (exact) mass is 254 g/mol. The summed E-state index contributed by atoms with van der Waals surface area (Å²) in [4.78, 5) is 0. The first-order valence-electron chi connectivity index (χ1n) is 7.00. The number of ether oxygens (including phenoxy) is 1. The maximum atomic E-state index is 5.73. The molecule has 0 saturated carbocycles. The first kappa shape index (κ1) is 14.6. The van der Waals surface area contributed by atoms with Crippen molar-refractivity contribution in [1.29, 1.82) is 0 Å². The van der Waals surface area contributed by atoms with Crippen LogP contribution in [0.5, 0.6) is 5.75 Å². The lowest BCUT2D eigenvalue weighted by Gasteiger charge is -2.05. The van der Waals surface area contributed by atoms with Gasteiger partial charge in [-0.25, -0.2) is 0 Å². The van der Waals surface area contributed by atoms with Crippen molar-refractivity contribution < 1.29 is 4.74 Å². The highest BCUT2D eigenvalue weighted by atomic mass is 32.1. The standard InChI is InChI=1S/C15H26OS/c1-3-4-5-6-7-8-9-10-11-16-15-13-17-12-14(15)2/h12-13H,3-11H2,1-2H3. The van der Waals surface area contributed by atoms with Crippen molar-refractivity contribution >= 4 is 11.3 Å². The van der Waals surface area contributed by atoms with Crippen LogP contribution in [0.15, 0.2) is 10.8 Å². The van der Waals surface area contributed by atoms with Crippen molar-refractivity contribution in [2.24, 2.45) is 0 Å². The van der Waals surface area contributed by atoms with Crippen LogP contribution in [0.1, 0.15) is 63.9 Å². The van der Waals surface area contributed by atoms with Crippen LogP contribution >= 0.6 is 11.3 Å². The van der Waals surface area contributed by atoms with E-state index < -0.39 is 0 Å². The molecule has 98 valence electrons. The van der Waals surface area contributed by atoms with Crippen molar-refractivity contribution in [3.05, 3.63) is 16.3 Å². The third-order valence-corrected chi connectivity index (χ3v) is 3.90. The van der Waals surface area contributed by atoms with Gasteiger partial charge in [0.15, 0.2) is 0 Å². The lowest BCUT2D eigenvalue weighted by Crippen LogP contribution is -1.97.